The number of hydrogen-bond acceptors (Lipinski definition) is 4. The molecule has 5 heteroatoms. The molecule has 0 aliphatic heterocycles. The van der Waals surface area contributed by atoms with Gasteiger partial charge in [0.25, 0.3) is 0 Å². The van der Waals surface area contributed by atoms with Crippen molar-refractivity contribution in [2.75, 3.05) is 33.4 Å². The summed E-state index contributed by atoms with van der Waals surface area (Å²) in [6.07, 6.45) is 2.68. The molecular weight excluding hydrogens is 232 g/mol. The van der Waals surface area contributed by atoms with E-state index in [-0.39, 0.29) is 24.5 Å². The van der Waals surface area contributed by atoms with Crippen LogP contribution >= 0.6 is 0 Å². The fourth-order valence-corrected chi connectivity index (χ4v) is 2.69. The summed E-state index contributed by atoms with van der Waals surface area (Å²) in [7, 11) is 1.61. The number of amides is 1. The quantitative estimate of drug-likeness (QED) is 0.714. The van der Waals surface area contributed by atoms with Crippen LogP contribution in [0.1, 0.15) is 26.2 Å². The van der Waals surface area contributed by atoms with Crippen LogP contribution in [0, 0.1) is 11.8 Å². The van der Waals surface area contributed by atoms with Gasteiger partial charge in [-0.2, -0.15) is 0 Å². The Labute approximate surface area is 109 Å². The molecule has 1 aliphatic rings. The number of nitrogens with zero attached hydrogens (tertiary/aromatic N) is 1. The zero-order chi connectivity index (χ0) is 13.5. The second-order valence-corrected chi connectivity index (χ2v) is 5.20. The molecule has 0 heterocycles. The third-order valence-corrected chi connectivity index (χ3v) is 3.77. The third-order valence-electron chi connectivity index (χ3n) is 3.77. The summed E-state index contributed by atoms with van der Waals surface area (Å²) in [5, 5.41) is 9.04. The van der Waals surface area contributed by atoms with Crippen LogP contribution < -0.4 is 5.73 Å². The van der Waals surface area contributed by atoms with E-state index in [4.69, 9.17) is 15.6 Å². The van der Waals surface area contributed by atoms with Gasteiger partial charge < -0.3 is 20.5 Å². The molecular formula is C13H26N2O3. The Morgan fingerprint density at radius 2 is 2.17 bits per heavy atom. The molecule has 3 unspecified atom stereocenters. The molecule has 0 aromatic rings. The minimum absolute atomic E-state index is 0.00390. The van der Waals surface area contributed by atoms with Crippen molar-refractivity contribution in [1.82, 2.24) is 4.90 Å². The minimum Gasteiger partial charge on any atom is -0.395 e. The van der Waals surface area contributed by atoms with E-state index < -0.39 is 0 Å². The smallest absolute Gasteiger partial charge is 0.226 e. The molecule has 0 aromatic heterocycles. The van der Waals surface area contributed by atoms with Crippen LogP contribution in [0.15, 0.2) is 0 Å². The van der Waals surface area contributed by atoms with Gasteiger partial charge >= 0.3 is 0 Å². The Kier molecular flexibility index (Phi) is 6.60. The van der Waals surface area contributed by atoms with E-state index in [1.54, 1.807) is 12.0 Å². The van der Waals surface area contributed by atoms with Crippen LogP contribution in [-0.4, -0.2) is 55.4 Å². The normalized spacial score (nSPS) is 28.1. The number of aliphatic hydroxyl groups is 1. The van der Waals surface area contributed by atoms with Crippen molar-refractivity contribution in [3.05, 3.63) is 0 Å². The fourth-order valence-electron chi connectivity index (χ4n) is 2.69. The van der Waals surface area contributed by atoms with Crippen molar-refractivity contribution in [3.8, 4) is 0 Å². The van der Waals surface area contributed by atoms with Gasteiger partial charge in [0.15, 0.2) is 0 Å². The molecule has 1 saturated carbocycles. The molecule has 0 saturated heterocycles. The summed E-state index contributed by atoms with van der Waals surface area (Å²) < 4.78 is 5.00. The maximum absolute atomic E-state index is 12.4. The Morgan fingerprint density at radius 3 is 2.72 bits per heavy atom. The predicted octanol–water partition coefficient (Wildman–Crippen LogP) is 0.217. The first-order valence-electron chi connectivity index (χ1n) is 6.74. The van der Waals surface area contributed by atoms with Gasteiger partial charge in [0.05, 0.1) is 13.2 Å². The maximum atomic E-state index is 12.4. The van der Waals surface area contributed by atoms with E-state index in [1.165, 1.54) is 0 Å². The predicted molar refractivity (Wildman–Crippen MR) is 70.0 cm³/mol. The Morgan fingerprint density at radius 1 is 1.44 bits per heavy atom. The van der Waals surface area contributed by atoms with Crippen molar-refractivity contribution in [2.24, 2.45) is 17.6 Å². The zero-order valence-corrected chi connectivity index (χ0v) is 11.5. The Bertz CT molecular complexity index is 261. The molecule has 0 aromatic carbocycles. The van der Waals surface area contributed by atoms with Crippen molar-refractivity contribution in [3.63, 3.8) is 0 Å². The van der Waals surface area contributed by atoms with Crippen LogP contribution in [0.4, 0.5) is 0 Å². The van der Waals surface area contributed by atoms with E-state index in [0.29, 0.717) is 25.6 Å². The van der Waals surface area contributed by atoms with Crippen molar-refractivity contribution < 1.29 is 14.6 Å². The van der Waals surface area contributed by atoms with Crippen LogP contribution in [-0.2, 0) is 9.53 Å². The largest absolute Gasteiger partial charge is 0.395 e. The van der Waals surface area contributed by atoms with E-state index >= 15 is 0 Å². The van der Waals surface area contributed by atoms with Gasteiger partial charge in [-0.25, -0.2) is 0 Å². The highest BCUT2D eigenvalue weighted by molar-refractivity contribution is 5.79. The highest BCUT2D eigenvalue weighted by Crippen LogP contribution is 2.30. The average Bonchev–Trinajstić information content (AvgIpc) is 2.33. The van der Waals surface area contributed by atoms with Crippen LogP contribution in [0.25, 0.3) is 0 Å². The molecule has 5 nitrogen and oxygen atoms in total. The molecule has 1 aliphatic carbocycles. The number of ether oxygens (including phenoxy) is 1. The SMILES string of the molecule is COCCN(CCO)C(=O)C1CCC(N)CC1C. The van der Waals surface area contributed by atoms with Gasteiger partial charge in [0.1, 0.15) is 0 Å². The molecule has 106 valence electrons. The summed E-state index contributed by atoms with van der Waals surface area (Å²) in [6.45, 7) is 3.53. The van der Waals surface area contributed by atoms with Gasteiger partial charge in [0.2, 0.25) is 5.91 Å². The van der Waals surface area contributed by atoms with Crippen LogP contribution in [0.2, 0.25) is 0 Å². The minimum atomic E-state index is -0.00390. The van der Waals surface area contributed by atoms with E-state index in [9.17, 15) is 4.79 Å². The molecule has 1 rings (SSSR count). The second-order valence-electron chi connectivity index (χ2n) is 5.20. The lowest BCUT2D eigenvalue weighted by atomic mass is 9.77. The topological polar surface area (TPSA) is 75.8 Å². The summed E-state index contributed by atoms with van der Waals surface area (Å²) in [6, 6.07) is 0.231. The number of hydrogen-bond donors (Lipinski definition) is 2. The monoisotopic (exact) mass is 258 g/mol. The summed E-state index contributed by atoms with van der Waals surface area (Å²) >= 11 is 0. The van der Waals surface area contributed by atoms with Crippen molar-refractivity contribution in [1.29, 1.82) is 0 Å². The van der Waals surface area contributed by atoms with Crippen LogP contribution in [0.3, 0.4) is 0 Å². The zero-order valence-electron chi connectivity index (χ0n) is 11.5. The van der Waals surface area contributed by atoms with Crippen molar-refractivity contribution in [2.45, 2.75) is 32.2 Å². The van der Waals surface area contributed by atoms with E-state index in [1.807, 2.05) is 0 Å². The summed E-state index contributed by atoms with van der Waals surface area (Å²) in [4.78, 5) is 14.1. The number of aliphatic hydroxyl groups excluding tert-OH is 1. The Balaban J connectivity index is 2.58. The fraction of sp³-hybridized carbons (Fsp3) is 0.923. The third kappa shape index (κ3) is 4.23. The van der Waals surface area contributed by atoms with E-state index in [2.05, 4.69) is 6.92 Å². The maximum Gasteiger partial charge on any atom is 0.226 e. The van der Waals surface area contributed by atoms with Gasteiger partial charge in [0, 0.05) is 32.2 Å². The number of rotatable bonds is 6. The molecule has 1 fully saturated rings. The lowest BCUT2D eigenvalue weighted by Crippen LogP contribution is -2.45. The highest BCUT2D eigenvalue weighted by atomic mass is 16.5. The molecule has 3 N–H and O–H groups in total. The summed E-state index contributed by atoms with van der Waals surface area (Å²) in [5.41, 5.74) is 5.92. The lowest BCUT2D eigenvalue weighted by molar-refractivity contribution is -0.139. The van der Waals surface area contributed by atoms with E-state index in [0.717, 1.165) is 19.3 Å². The standard InChI is InChI=1S/C13H26N2O3/c1-10-9-11(14)3-4-12(10)13(17)15(5-7-16)6-8-18-2/h10-12,16H,3-9,14H2,1-2H3. The molecule has 0 bridgehead atoms. The molecule has 3 atom stereocenters. The highest BCUT2D eigenvalue weighted by Gasteiger charge is 2.33. The number of nitrogens with two attached hydrogens (primary N) is 1. The summed E-state index contributed by atoms with van der Waals surface area (Å²) in [5.74, 6) is 0.513. The Hall–Kier alpha value is -0.650. The first-order chi connectivity index (χ1) is 8.60. The number of methoxy groups -OCH3 is 1. The molecule has 1 amide bonds. The van der Waals surface area contributed by atoms with Gasteiger partial charge in [-0.1, -0.05) is 6.92 Å². The molecule has 0 radical (unpaired) electrons. The lowest BCUT2D eigenvalue weighted by Gasteiger charge is -2.35. The van der Waals surface area contributed by atoms with Gasteiger partial charge in [-0.05, 0) is 25.2 Å². The molecule has 18 heavy (non-hydrogen) atoms. The van der Waals surface area contributed by atoms with Crippen molar-refractivity contribution >= 4 is 5.91 Å². The molecule has 0 spiro atoms. The second kappa shape index (κ2) is 7.71. The number of carbonyl (C=O) groups excluding carboxylic acids is 1. The average molecular weight is 258 g/mol. The first-order valence-corrected chi connectivity index (χ1v) is 6.74. The number of carbonyl (C=O) groups is 1. The van der Waals surface area contributed by atoms with Gasteiger partial charge in [-0.15, -0.1) is 0 Å². The first kappa shape index (κ1) is 15.4. The van der Waals surface area contributed by atoms with Gasteiger partial charge in [-0.3, -0.25) is 4.79 Å². The van der Waals surface area contributed by atoms with Crippen LogP contribution in [0.5, 0.6) is 0 Å².